The second kappa shape index (κ2) is 11.0. The van der Waals surface area contributed by atoms with Gasteiger partial charge in [0.25, 0.3) is 0 Å². The summed E-state index contributed by atoms with van der Waals surface area (Å²) < 4.78 is 15.7. The number of amides is 1. The highest BCUT2D eigenvalue weighted by Crippen LogP contribution is 2.17. The highest BCUT2D eigenvalue weighted by atomic mass is 16.5. The first-order valence-electron chi connectivity index (χ1n) is 8.83. The summed E-state index contributed by atoms with van der Waals surface area (Å²) >= 11 is 0. The van der Waals surface area contributed by atoms with Gasteiger partial charge in [0.1, 0.15) is 25.0 Å². The second-order valence-electron chi connectivity index (χ2n) is 5.91. The van der Waals surface area contributed by atoms with Crippen LogP contribution in [0.1, 0.15) is 18.1 Å². The lowest BCUT2D eigenvalue weighted by molar-refractivity contribution is -0.145. The van der Waals surface area contributed by atoms with E-state index in [9.17, 15) is 9.59 Å². The standard InChI is InChI=1S/C21H25NO5/c1-3-26-15-20(23)22-19(21(24)25-2)13-17-10-7-11-18(12-17)27-14-16-8-5-4-6-9-16/h4-12,19H,3,13-15H2,1-2H3,(H,22,23)/t19-/m1/s1. The molecular formula is C21H25NO5. The third kappa shape index (κ3) is 7.11. The van der Waals surface area contributed by atoms with Crippen molar-refractivity contribution in [3.63, 3.8) is 0 Å². The van der Waals surface area contributed by atoms with E-state index in [0.717, 1.165) is 11.1 Å². The van der Waals surface area contributed by atoms with E-state index < -0.39 is 12.0 Å². The minimum absolute atomic E-state index is 0.0930. The lowest BCUT2D eigenvalue weighted by atomic mass is 10.1. The molecule has 2 aromatic carbocycles. The van der Waals surface area contributed by atoms with Gasteiger partial charge in [-0.3, -0.25) is 4.79 Å². The van der Waals surface area contributed by atoms with Crippen LogP contribution in [-0.4, -0.2) is 38.2 Å². The van der Waals surface area contributed by atoms with Gasteiger partial charge in [0.05, 0.1) is 7.11 Å². The van der Waals surface area contributed by atoms with Gasteiger partial charge in [0, 0.05) is 13.0 Å². The lowest BCUT2D eigenvalue weighted by Gasteiger charge is -2.17. The van der Waals surface area contributed by atoms with Crippen molar-refractivity contribution >= 4 is 11.9 Å². The van der Waals surface area contributed by atoms with E-state index in [1.807, 2.05) is 54.6 Å². The third-order valence-corrected chi connectivity index (χ3v) is 3.84. The fraction of sp³-hybridized carbons (Fsp3) is 0.333. The quantitative estimate of drug-likeness (QED) is 0.650. The van der Waals surface area contributed by atoms with Crippen LogP contribution in [0.25, 0.3) is 0 Å². The van der Waals surface area contributed by atoms with Gasteiger partial charge in [0.2, 0.25) is 5.91 Å². The lowest BCUT2D eigenvalue weighted by Crippen LogP contribution is -2.44. The minimum atomic E-state index is -0.785. The maximum atomic E-state index is 12.0. The third-order valence-electron chi connectivity index (χ3n) is 3.84. The number of benzene rings is 2. The van der Waals surface area contributed by atoms with Crippen LogP contribution in [0.3, 0.4) is 0 Å². The molecule has 6 heteroatoms. The molecule has 0 saturated heterocycles. The fourth-order valence-corrected chi connectivity index (χ4v) is 2.51. The van der Waals surface area contributed by atoms with Crippen LogP contribution >= 0.6 is 0 Å². The van der Waals surface area contributed by atoms with Gasteiger partial charge in [-0.1, -0.05) is 42.5 Å². The van der Waals surface area contributed by atoms with E-state index >= 15 is 0 Å². The van der Waals surface area contributed by atoms with E-state index in [1.165, 1.54) is 7.11 Å². The monoisotopic (exact) mass is 371 g/mol. The summed E-state index contributed by atoms with van der Waals surface area (Å²) in [4.78, 5) is 23.9. The zero-order valence-electron chi connectivity index (χ0n) is 15.6. The van der Waals surface area contributed by atoms with Crippen molar-refractivity contribution in [1.29, 1.82) is 0 Å². The van der Waals surface area contributed by atoms with Gasteiger partial charge in [-0.25, -0.2) is 4.79 Å². The Morgan fingerprint density at radius 2 is 1.78 bits per heavy atom. The zero-order chi connectivity index (χ0) is 19.5. The molecule has 0 radical (unpaired) electrons. The highest BCUT2D eigenvalue weighted by Gasteiger charge is 2.22. The van der Waals surface area contributed by atoms with Crippen LogP contribution in [0, 0.1) is 0 Å². The summed E-state index contributed by atoms with van der Waals surface area (Å²) in [6.07, 6.45) is 0.299. The number of carbonyl (C=O) groups is 2. The van der Waals surface area contributed by atoms with Crippen molar-refractivity contribution in [2.24, 2.45) is 0 Å². The molecule has 0 aliphatic rings. The summed E-state index contributed by atoms with van der Waals surface area (Å²) in [5, 5.41) is 2.65. The summed E-state index contributed by atoms with van der Waals surface area (Å²) in [6, 6.07) is 16.5. The number of carbonyl (C=O) groups excluding carboxylic acids is 2. The Hall–Kier alpha value is -2.86. The average molecular weight is 371 g/mol. The van der Waals surface area contributed by atoms with Gasteiger partial charge in [-0.15, -0.1) is 0 Å². The molecule has 144 valence electrons. The molecule has 0 fully saturated rings. The molecule has 0 saturated carbocycles. The van der Waals surface area contributed by atoms with Gasteiger partial charge in [0.15, 0.2) is 0 Å². The van der Waals surface area contributed by atoms with Crippen LogP contribution in [0.2, 0.25) is 0 Å². The van der Waals surface area contributed by atoms with E-state index in [0.29, 0.717) is 25.4 Å². The number of nitrogens with one attached hydrogen (secondary N) is 1. The largest absolute Gasteiger partial charge is 0.489 e. The van der Waals surface area contributed by atoms with E-state index in [1.54, 1.807) is 6.92 Å². The molecule has 2 rings (SSSR count). The topological polar surface area (TPSA) is 73.9 Å². The molecule has 0 spiro atoms. The predicted molar refractivity (Wildman–Crippen MR) is 101 cm³/mol. The maximum Gasteiger partial charge on any atom is 0.328 e. The molecule has 1 N–H and O–H groups in total. The molecule has 0 heterocycles. The number of rotatable bonds is 10. The first-order valence-corrected chi connectivity index (χ1v) is 8.83. The zero-order valence-corrected chi connectivity index (χ0v) is 15.6. The maximum absolute atomic E-state index is 12.0. The van der Waals surface area contributed by atoms with E-state index in [-0.39, 0.29) is 12.5 Å². The Balaban J connectivity index is 1.99. The molecular weight excluding hydrogens is 346 g/mol. The van der Waals surface area contributed by atoms with Crippen LogP contribution < -0.4 is 10.1 Å². The fourth-order valence-electron chi connectivity index (χ4n) is 2.51. The Morgan fingerprint density at radius 1 is 1.04 bits per heavy atom. The molecule has 2 aromatic rings. The molecule has 6 nitrogen and oxygen atoms in total. The molecule has 27 heavy (non-hydrogen) atoms. The Kier molecular flexibility index (Phi) is 8.32. The molecule has 0 unspecified atom stereocenters. The van der Waals surface area contributed by atoms with Crippen LogP contribution in [0.5, 0.6) is 5.75 Å². The Labute approximate surface area is 159 Å². The first-order chi connectivity index (χ1) is 13.1. The van der Waals surface area contributed by atoms with Gasteiger partial charge < -0.3 is 19.5 Å². The SMILES string of the molecule is CCOCC(=O)N[C@H](Cc1cccc(OCc2ccccc2)c1)C(=O)OC. The first kappa shape index (κ1) is 20.5. The summed E-state index contributed by atoms with van der Waals surface area (Å²) in [7, 11) is 1.30. The van der Waals surface area contributed by atoms with Crippen molar-refractivity contribution in [3.05, 3.63) is 65.7 Å². The van der Waals surface area contributed by atoms with E-state index in [2.05, 4.69) is 5.32 Å². The molecule has 1 amide bonds. The smallest absolute Gasteiger partial charge is 0.328 e. The highest BCUT2D eigenvalue weighted by molar-refractivity contribution is 5.85. The molecule has 0 bridgehead atoms. The Morgan fingerprint density at radius 3 is 2.48 bits per heavy atom. The number of esters is 1. The molecule has 0 aliphatic carbocycles. The molecule has 0 aliphatic heterocycles. The normalized spacial score (nSPS) is 11.5. The van der Waals surface area contributed by atoms with E-state index in [4.69, 9.17) is 14.2 Å². The van der Waals surface area contributed by atoms with Gasteiger partial charge in [-0.05, 0) is 30.2 Å². The van der Waals surface area contributed by atoms with Crippen LogP contribution in [-0.2, 0) is 32.1 Å². The number of hydrogen-bond donors (Lipinski definition) is 1. The Bertz CT molecular complexity index is 732. The van der Waals surface area contributed by atoms with Crippen molar-refractivity contribution in [2.45, 2.75) is 26.0 Å². The summed E-state index contributed by atoms with van der Waals surface area (Å²) in [5.74, 6) is -0.167. The molecule has 0 aromatic heterocycles. The summed E-state index contributed by atoms with van der Waals surface area (Å²) in [6.45, 7) is 2.59. The number of methoxy groups -OCH3 is 1. The number of ether oxygens (including phenoxy) is 3. The van der Waals surface area contributed by atoms with Crippen LogP contribution in [0.15, 0.2) is 54.6 Å². The van der Waals surface area contributed by atoms with Crippen LogP contribution in [0.4, 0.5) is 0 Å². The predicted octanol–water partition coefficient (Wildman–Crippen LogP) is 2.50. The second-order valence-corrected chi connectivity index (χ2v) is 5.91. The number of hydrogen-bond acceptors (Lipinski definition) is 5. The van der Waals surface area contributed by atoms with Crippen molar-refractivity contribution < 1.29 is 23.8 Å². The van der Waals surface area contributed by atoms with Crippen molar-refractivity contribution in [3.8, 4) is 5.75 Å². The van der Waals surface area contributed by atoms with Crippen molar-refractivity contribution in [1.82, 2.24) is 5.32 Å². The molecule has 1 atom stereocenters. The van der Waals surface area contributed by atoms with Crippen molar-refractivity contribution in [2.75, 3.05) is 20.3 Å². The summed E-state index contributed by atoms with van der Waals surface area (Å²) in [5.41, 5.74) is 1.92. The van der Waals surface area contributed by atoms with Gasteiger partial charge >= 0.3 is 5.97 Å². The minimum Gasteiger partial charge on any atom is -0.489 e. The average Bonchev–Trinajstić information content (AvgIpc) is 2.70. The van der Waals surface area contributed by atoms with Gasteiger partial charge in [-0.2, -0.15) is 0 Å².